The van der Waals surface area contributed by atoms with Gasteiger partial charge in [-0.25, -0.2) is 4.79 Å². The van der Waals surface area contributed by atoms with Crippen LogP contribution in [0.2, 0.25) is 0 Å². The number of carbonyl (C=O) groups excluding carboxylic acids is 1. The zero-order valence-corrected chi connectivity index (χ0v) is 13.5. The van der Waals surface area contributed by atoms with Gasteiger partial charge in [0.2, 0.25) is 5.91 Å². The van der Waals surface area contributed by atoms with Gasteiger partial charge in [0.25, 0.3) is 0 Å². The van der Waals surface area contributed by atoms with E-state index < -0.39 is 16.9 Å². The molecule has 0 saturated carbocycles. The SMILES string of the molecule is CC(C)(C)C(=O)NC(C(=O)O)(c1ccccc1)c1ccccc1. The van der Waals surface area contributed by atoms with Gasteiger partial charge in [-0.05, 0) is 11.1 Å². The van der Waals surface area contributed by atoms with Crippen LogP contribution < -0.4 is 5.32 Å². The normalized spacial score (nSPS) is 11.8. The van der Waals surface area contributed by atoms with Crippen molar-refractivity contribution in [3.63, 3.8) is 0 Å². The molecule has 0 atom stereocenters. The van der Waals surface area contributed by atoms with Crippen LogP contribution in [0.5, 0.6) is 0 Å². The van der Waals surface area contributed by atoms with Crippen molar-refractivity contribution in [3.05, 3.63) is 71.8 Å². The van der Waals surface area contributed by atoms with Gasteiger partial charge in [-0.1, -0.05) is 81.4 Å². The van der Waals surface area contributed by atoms with E-state index in [-0.39, 0.29) is 5.91 Å². The third-order valence-electron chi connectivity index (χ3n) is 3.72. The number of aliphatic carboxylic acids is 1. The number of amides is 1. The Bertz CT molecular complexity index is 648. The summed E-state index contributed by atoms with van der Waals surface area (Å²) in [7, 11) is 0. The van der Waals surface area contributed by atoms with Gasteiger partial charge >= 0.3 is 5.97 Å². The fourth-order valence-electron chi connectivity index (χ4n) is 2.35. The Morgan fingerprint density at radius 2 is 1.22 bits per heavy atom. The number of hydrogen-bond donors (Lipinski definition) is 2. The number of rotatable bonds is 4. The van der Waals surface area contributed by atoms with Crippen LogP contribution in [0, 0.1) is 5.41 Å². The van der Waals surface area contributed by atoms with Gasteiger partial charge in [0, 0.05) is 5.41 Å². The Morgan fingerprint density at radius 3 is 1.52 bits per heavy atom. The Hall–Kier alpha value is -2.62. The lowest BCUT2D eigenvalue weighted by atomic mass is 9.81. The van der Waals surface area contributed by atoms with E-state index in [4.69, 9.17) is 0 Å². The molecule has 0 spiro atoms. The molecule has 2 rings (SSSR count). The summed E-state index contributed by atoms with van der Waals surface area (Å²) in [4.78, 5) is 24.8. The first-order valence-corrected chi connectivity index (χ1v) is 7.45. The Morgan fingerprint density at radius 1 is 0.826 bits per heavy atom. The van der Waals surface area contributed by atoms with Gasteiger partial charge in [0.1, 0.15) is 0 Å². The number of nitrogens with one attached hydrogen (secondary N) is 1. The molecule has 0 saturated heterocycles. The summed E-state index contributed by atoms with van der Waals surface area (Å²) < 4.78 is 0. The minimum absolute atomic E-state index is 0.326. The third-order valence-corrected chi connectivity index (χ3v) is 3.72. The maximum atomic E-state index is 12.6. The topological polar surface area (TPSA) is 66.4 Å². The molecular weight excluding hydrogens is 290 g/mol. The summed E-state index contributed by atoms with van der Waals surface area (Å²) in [6.45, 7) is 5.26. The number of carboxylic acids is 1. The Labute approximate surface area is 136 Å². The summed E-state index contributed by atoms with van der Waals surface area (Å²) in [6.07, 6.45) is 0. The van der Waals surface area contributed by atoms with Crippen molar-refractivity contribution in [2.45, 2.75) is 26.3 Å². The first kappa shape index (κ1) is 16.7. The van der Waals surface area contributed by atoms with Crippen LogP contribution in [0.25, 0.3) is 0 Å². The van der Waals surface area contributed by atoms with E-state index in [1.165, 1.54) is 0 Å². The molecule has 4 heteroatoms. The van der Waals surface area contributed by atoms with Gasteiger partial charge in [0.15, 0.2) is 5.54 Å². The highest BCUT2D eigenvalue weighted by Crippen LogP contribution is 2.31. The van der Waals surface area contributed by atoms with Crippen LogP contribution in [0.3, 0.4) is 0 Å². The van der Waals surface area contributed by atoms with E-state index in [0.717, 1.165) is 0 Å². The molecule has 4 nitrogen and oxygen atoms in total. The van der Waals surface area contributed by atoms with Crippen molar-refractivity contribution in [2.24, 2.45) is 5.41 Å². The predicted molar refractivity (Wildman–Crippen MR) is 88.9 cm³/mol. The van der Waals surface area contributed by atoms with Crippen LogP contribution in [0.4, 0.5) is 0 Å². The number of carboxylic acid groups (broad SMARTS) is 1. The van der Waals surface area contributed by atoms with Crippen LogP contribution in [0.1, 0.15) is 31.9 Å². The first-order valence-electron chi connectivity index (χ1n) is 7.45. The molecule has 0 unspecified atom stereocenters. The van der Waals surface area contributed by atoms with Crippen molar-refractivity contribution >= 4 is 11.9 Å². The highest BCUT2D eigenvalue weighted by molar-refractivity contribution is 5.93. The highest BCUT2D eigenvalue weighted by atomic mass is 16.4. The number of benzene rings is 2. The minimum atomic E-state index is -1.62. The molecule has 0 radical (unpaired) electrons. The number of carbonyl (C=O) groups is 2. The zero-order chi connectivity index (χ0) is 17.1. The van der Waals surface area contributed by atoms with Gasteiger partial charge in [-0.2, -0.15) is 0 Å². The molecule has 2 aromatic carbocycles. The largest absolute Gasteiger partial charge is 0.479 e. The van der Waals surface area contributed by atoms with Crippen molar-refractivity contribution in [3.8, 4) is 0 Å². The third kappa shape index (κ3) is 3.26. The van der Waals surface area contributed by atoms with Crippen molar-refractivity contribution in [2.75, 3.05) is 0 Å². The summed E-state index contributed by atoms with van der Waals surface area (Å²) in [5, 5.41) is 12.8. The van der Waals surface area contributed by atoms with Crippen LogP contribution in [-0.2, 0) is 15.1 Å². The molecule has 0 aliphatic heterocycles. The quantitative estimate of drug-likeness (QED) is 0.911. The molecule has 2 N–H and O–H groups in total. The Balaban J connectivity index is 2.67. The fraction of sp³-hybridized carbons (Fsp3) is 0.263. The molecular formula is C19H21NO3. The minimum Gasteiger partial charge on any atom is -0.479 e. The first-order chi connectivity index (χ1) is 10.8. The van der Waals surface area contributed by atoms with Crippen molar-refractivity contribution < 1.29 is 14.7 Å². The maximum absolute atomic E-state index is 12.6. The van der Waals surface area contributed by atoms with Crippen molar-refractivity contribution in [1.82, 2.24) is 5.32 Å². The molecule has 0 fully saturated rings. The second-order valence-corrected chi connectivity index (χ2v) is 6.49. The van der Waals surface area contributed by atoms with Gasteiger partial charge in [-0.3, -0.25) is 4.79 Å². The summed E-state index contributed by atoms with van der Waals surface area (Å²) >= 11 is 0. The van der Waals surface area contributed by atoms with Gasteiger partial charge in [0.05, 0.1) is 0 Å². The van der Waals surface area contributed by atoms with E-state index in [9.17, 15) is 14.7 Å². The summed E-state index contributed by atoms with van der Waals surface area (Å²) in [6, 6.07) is 17.5. The van der Waals surface area contributed by atoms with E-state index >= 15 is 0 Å². The maximum Gasteiger partial charge on any atom is 0.338 e. The van der Waals surface area contributed by atoms with Crippen LogP contribution >= 0.6 is 0 Å². The average molecular weight is 311 g/mol. The molecule has 0 bridgehead atoms. The van der Waals surface area contributed by atoms with E-state index in [1.54, 1.807) is 69.3 Å². The molecule has 0 aliphatic rings. The summed E-state index contributed by atoms with van der Waals surface area (Å²) in [5.74, 6) is -1.44. The standard InChI is InChI=1S/C19H21NO3/c1-18(2,3)16(21)20-19(17(22)23,14-10-6-4-7-11-14)15-12-8-5-9-13-15/h4-13H,1-3H3,(H,20,21)(H,22,23). The predicted octanol–water partition coefficient (Wildman–Crippen LogP) is 3.18. The smallest absolute Gasteiger partial charge is 0.338 e. The highest BCUT2D eigenvalue weighted by Gasteiger charge is 2.45. The van der Waals surface area contributed by atoms with Crippen LogP contribution in [0.15, 0.2) is 60.7 Å². The van der Waals surface area contributed by atoms with E-state index in [1.807, 2.05) is 12.1 Å². The zero-order valence-electron chi connectivity index (χ0n) is 13.5. The lowest BCUT2D eigenvalue weighted by Crippen LogP contribution is -2.55. The fourth-order valence-corrected chi connectivity index (χ4v) is 2.35. The molecule has 0 heterocycles. The number of hydrogen-bond acceptors (Lipinski definition) is 2. The van der Waals surface area contributed by atoms with E-state index in [2.05, 4.69) is 5.32 Å². The van der Waals surface area contributed by atoms with Crippen LogP contribution in [-0.4, -0.2) is 17.0 Å². The van der Waals surface area contributed by atoms with Gasteiger partial charge < -0.3 is 10.4 Å². The average Bonchev–Trinajstić information content (AvgIpc) is 2.52. The molecule has 0 aliphatic carbocycles. The molecule has 23 heavy (non-hydrogen) atoms. The Kier molecular flexibility index (Phi) is 4.55. The van der Waals surface area contributed by atoms with Crippen molar-refractivity contribution in [1.29, 1.82) is 0 Å². The second-order valence-electron chi connectivity index (χ2n) is 6.49. The molecule has 120 valence electrons. The second kappa shape index (κ2) is 6.24. The lowest BCUT2D eigenvalue weighted by molar-refractivity contribution is -0.147. The van der Waals surface area contributed by atoms with E-state index in [0.29, 0.717) is 11.1 Å². The monoisotopic (exact) mass is 311 g/mol. The molecule has 0 aromatic heterocycles. The van der Waals surface area contributed by atoms with Gasteiger partial charge in [-0.15, -0.1) is 0 Å². The lowest BCUT2D eigenvalue weighted by Gasteiger charge is -2.34. The molecule has 1 amide bonds. The molecule has 2 aromatic rings. The summed E-state index contributed by atoms with van der Waals surface area (Å²) in [5.41, 5.74) is -1.30.